The van der Waals surface area contributed by atoms with Crippen molar-refractivity contribution >= 4 is 11.8 Å². The molecule has 5 heteroatoms. The molecular weight excluding hydrogens is 290 g/mol. The summed E-state index contributed by atoms with van der Waals surface area (Å²) in [5.74, 6) is 0.173. The second kappa shape index (κ2) is 8.11. The van der Waals surface area contributed by atoms with E-state index in [1.165, 1.54) is 11.1 Å². The summed E-state index contributed by atoms with van der Waals surface area (Å²) < 4.78 is 0. The number of nitrogens with zero attached hydrogens (tertiary/aromatic N) is 2. The normalized spacial score (nSPS) is 16.0. The zero-order chi connectivity index (χ0) is 16.8. The first-order valence-corrected chi connectivity index (χ1v) is 8.25. The van der Waals surface area contributed by atoms with Gasteiger partial charge in [-0.2, -0.15) is 0 Å². The van der Waals surface area contributed by atoms with Gasteiger partial charge in [0.2, 0.25) is 11.8 Å². The zero-order valence-corrected chi connectivity index (χ0v) is 14.3. The van der Waals surface area contributed by atoms with Crippen LogP contribution in [0.1, 0.15) is 36.4 Å². The van der Waals surface area contributed by atoms with Gasteiger partial charge in [0.15, 0.2) is 0 Å². The second-order valence-corrected chi connectivity index (χ2v) is 6.43. The molecule has 1 aliphatic heterocycles. The Hall–Kier alpha value is -1.88. The maximum absolute atomic E-state index is 12.1. The summed E-state index contributed by atoms with van der Waals surface area (Å²) in [7, 11) is 4.03. The molecule has 0 aromatic heterocycles. The summed E-state index contributed by atoms with van der Waals surface area (Å²) in [5.41, 5.74) is 2.42. The summed E-state index contributed by atoms with van der Waals surface area (Å²) in [6, 6.07) is 8.54. The molecule has 2 amide bonds. The second-order valence-electron chi connectivity index (χ2n) is 6.43. The quantitative estimate of drug-likeness (QED) is 0.833. The summed E-state index contributed by atoms with van der Waals surface area (Å²) in [6.45, 7) is 3.95. The largest absolute Gasteiger partial charge is 0.354 e. The van der Waals surface area contributed by atoms with Crippen molar-refractivity contribution < 1.29 is 9.59 Å². The minimum Gasteiger partial charge on any atom is -0.354 e. The first kappa shape index (κ1) is 17.5. The average Bonchev–Trinajstić information content (AvgIpc) is 2.92. The lowest BCUT2D eigenvalue weighted by Gasteiger charge is -2.25. The number of nitrogens with one attached hydrogen (secondary N) is 1. The highest BCUT2D eigenvalue weighted by molar-refractivity contribution is 5.80. The van der Waals surface area contributed by atoms with Crippen LogP contribution in [0.15, 0.2) is 24.3 Å². The van der Waals surface area contributed by atoms with Gasteiger partial charge in [0, 0.05) is 32.5 Å². The van der Waals surface area contributed by atoms with E-state index in [2.05, 4.69) is 41.4 Å². The minimum atomic E-state index is 0.00339. The van der Waals surface area contributed by atoms with Gasteiger partial charge in [-0.05, 0) is 33.0 Å². The van der Waals surface area contributed by atoms with Crippen LogP contribution in [0.4, 0.5) is 0 Å². The van der Waals surface area contributed by atoms with E-state index in [1.807, 2.05) is 14.1 Å². The number of hydrogen-bond donors (Lipinski definition) is 1. The number of likely N-dealkylation sites (tertiary alicyclic amines) is 1. The molecule has 1 atom stereocenters. The van der Waals surface area contributed by atoms with Crippen molar-refractivity contribution in [3.8, 4) is 0 Å². The zero-order valence-electron chi connectivity index (χ0n) is 14.3. The van der Waals surface area contributed by atoms with Gasteiger partial charge < -0.3 is 15.1 Å². The van der Waals surface area contributed by atoms with Crippen LogP contribution < -0.4 is 5.32 Å². The number of carbonyl (C=O) groups excluding carboxylic acids is 2. The lowest BCUT2D eigenvalue weighted by Crippen LogP contribution is -2.36. The molecule has 1 fully saturated rings. The molecule has 2 rings (SSSR count). The molecule has 126 valence electrons. The highest BCUT2D eigenvalue weighted by Gasteiger charge is 2.21. The van der Waals surface area contributed by atoms with Crippen molar-refractivity contribution in [2.45, 2.75) is 32.2 Å². The smallest absolute Gasteiger partial charge is 0.222 e. The van der Waals surface area contributed by atoms with E-state index >= 15 is 0 Å². The van der Waals surface area contributed by atoms with Crippen LogP contribution in [0, 0.1) is 6.92 Å². The molecule has 1 saturated heterocycles. The lowest BCUT2D eigenvalue weighted by molar-refractivity contribution is -0.128. The number of carbonyl (C=O) groups is 2. The third kappa shape index (κ3) is 5.06. The van der Waals surface area contributed by atoms with E-state index in [0.29, 0.717) is 25.9 Å². The molecular formula is C18H27N3O2. The first-order chi connectivity index (χ1) is 11.0. The molecule has 1 N–H and O–H groups in total. The average molecular weight is 317 g/mol. The van der Waals surface area contributed by atoms with Crippen molar-refractivity contribution in [3.05, 3.63) is 35.4 Å². The molecule has 1 aromatic carbocycles. The molecule has 5 nitrogen and oxygen atoms in total. The Bertz CT molecular complexity index is 540. The summed E-state index contributed by atoms with van der Waals surface area (Å²) >= 11 is 0. The van der Waals surface area contributed by atoms with Crippen molar-refractivity contribution in [1.82, 2.24) is 15.1 Å². The van der Waals surface area contributed by atoms with Gasteiger partial charge in [-0.25, -0.2) is 0 Å². The highest BCUT2D eigenvalue weighted by Crippen LogP contribution is 2.18. The van der Waals surface area contributed by atoms with Gasteiger partial charge >= 0.3 is 0 Å². The predicted molar refractivity (Wildman–Crippen MR) is 91.0 cm³/mol. The lowest BCUT2D eigenvalue weighted by atomic mass is 10.0. The van der Waals surface area contributed by atoms with Crippen LogP contribution in [0.2, 0.25) is 0 Å². The van der Waals surface area contributed by atoms with Gasteiger partial charge in [0.05, 0.1) is 6.04 Å². The molecule has 1 aliphatic rings. The van der Waals surface area contributed by atoms with Gasteiger partial charge in [-0.15, -0.1) is 0 Å². The third-order valence-corrected chi connectivity index (χ3v) is 4.36. The molecule has 0 saturated carbocycles. The minimum absolute atomic E-state index is 0.00339. The Kier molecular flexibility index (Phi) is 6.16. The van der Waals surface area contributed by atoms with Gasteiger partial charge in [-0.1, -0.05) is 29.8 Å². The van der Waals surface area contributed by atoms with E-state index in [1.54, 1.807) is 4.90 Å². The number of hydrogen-bond acceptors (Lipinski definition) is 3. The van der Waals surface area contributed by atoms with Crippen molar-refractivity contribution in [1.29, 1.82) is 0 Å². The number of benzene rings is 1. The molecule has 1 heterocycles. The fourth-order valence-electron chi connectivity index (χ4n) is 2.86. The molecule has 1 unspecified atom stereocenters. The fraction of sp³-hybridized carbons (Fsp3) is 0.556. The Morgan fingerprint density at radius 2 is 2.00 bits per heavy atom. The van der Waals surface area contributed by atoms with Crippen molar-refractivity contribution in [2.24, 2.45) is 0 Å². The molecule has 0 spiro atoms. The van der Waals surface area contributed by atoms with Gasteiger partial charge in [0.1, 0.15) is 0 Å². The van der Waals surface area contributed by atoms with Gasteiger partial charge in [0.25, 0.3) is 0 Å². The van der Waals surface area contributed by atoms with E-state index in [9.17, 15) is 9.59 Å². The highest BCUT2D eigenvalue weighted by atomic mass is 16.2. The summed E-state index contributed by atoms with van der Waals surface area (Å²) in [5, 5.41) is 3.00. The Morgan fingerprint density at radius 1 is 1.30 bits per heavy atom. The van der Waals surface area contributed by atoms with Crippen LogP contribution in [0.25, 0.3) is 0 Å². The Balaban J connectivity index is 1.82. The molecule has 1 aromatic rings. The maximum Gasteiger partial charge on any atom is 0.222 e. The Labute approximate surface area is 138 Å². The number of aryl methyl sites for hydroxylation is 1. The standard InChI is InChI=1S/C18H27N3O2/c1-14-6-8-15(9-7-14)16(20(2)3)13-19-17(22)10-12-21-11-4-5-18(21)23/h6-9,16H,4-5,10-13H2,1-3H3,(H,19,22). The molecule has 0 aliphatic carbocycles. The van der Waals surface area contributed by atoms with Crippen molar-refractivity contribution in [2.75, 3.05) is 33.7 Å². The summed E-state index contributed by atoms with van der Waals surface area (Å²) in [4.78, 5) is 27.5. The number of rotatable bonds is 7. The number of amides is 2. The van der Waals surface area contributed by atoms with E-state index in [4.69, 9.17) is 0 Å². The van der Waals surface area contributed by atoms with Crippen LogP contribution >= 0.6 is 0 Å². The van der Waals surface area contributed by atoms with E-state index < -0.39 is 0 Å². The van der Waals surface area contributed by atoms with Crippen LogP contribution in [0.5, 0.6) is 0 Å². The van der Waals surface area contributed by atoms with Gasteiger partial charge in [-0.3, -0.25) is 9.59 Å². The topological polar surface area (TPSA) is 52.7 Å². The monoisotopic (exact) mass is 317 g/mol. The third-order valence-electron chi connectivity index (χ3n) is 4.36. The SMILES string of the molecule is Cc1ccc(C(CNC(=O)CCN2CCCC2=O)N(C)C)cc1. The van der Waals surface area contributed by atoms with Crippen LogP contribution in [-0.4, -0.2) is 55.3 Å². The Morgan fingerprint density at radius 3 is 2.57 bits per heavy atom. The van der Waals surface area contributed by atoms with Crippen LogP contribution in [0.3, 0.4) is 0 Å². The molecule has 23 heavy (non-hydrogen) atoms. The predicted octanol–water partition coefficient (Wildman–Crippen LogP) is 1.73. The fourth-order valence-corrected chi connectivity index (χ4v) is 2.86. The van der Waals surface area contributed by atoms with Crippen LogP contribution in [-0.2, 0) is 9.59 Å². The molecule has 0 radical (unpaired) electrons. The summed E-state index contributed by atoms with van der Waals surface area (Å²) in [6.07, 6.45) is 1.91. The van der Waals surface area contributed by atoms with E-state index in [-0.39, 0.29) is 17.9 Å². The van der Waals surface area contributed by atoms with Crippen molar-refractivity contribution in [3.63, 3.8) is 0 Å². The molecule has 0 bridgehead atoms. The first-order valence-electron chi connectivity index (χ1n) is 8.25. The number of likely N-dealkylation sites (N-methyl/N-ethyl adjacent to an activating group) is 1. The maximum atomic E-state index is 12.1. The van der Waals surface area contributed by atoms with E-state index in [0.717, 1.165) is 13.0 Å².